The summed E-state index contributed by atoms with van der Waals surface area (Å²) in [5.41, 5.74) is 1.15. The first-order valence-electron chi connectivity index (χ1n) is 5.20. The number of hydrogen-bond acceptors (Lipinski definition) is 6. The minimum absolute atomic E-state index is 0.817. The Labute approximate surface area is 114 Å². The maximum atomic E-state index is 4.59. The molecule has 0 radical (unpaired) electrons. The van der Waals surface area contributed by atoms with Gasteiger partial charge in [-0.3, -0.25) is 0 Å². The average molecular weight is 290 g/mol. The molecule has 18 heavy (non-hydrogen) atoms. The number of thiophene rings is 2. The highest BCUT2D eigenvalue weighted by Crippen LogP contribution is 2.30. The van der Waals surface area contributed by atoms with Crippen molar-refractivity contribution in [2.24, 2.45) is 0 Å². The normalized spacial score (nSPS) is 11.3. The van der Waals surface area contributed by atoms with Crippen LogP contribution in [-0.4, -0.2) is 19.8 Å². The van der Waals surface area contributed by atoms with Crippen molar-refractivity contribution in [1.82, 2.24) is 19.8 Å². The second kappa shape index (κ2) is 3.98. The maximum Gasteiger partial charge on any atom is 0.235 e. The van der Waals surface area contributed by atoms with Crippen molar-refractivity contribution in [1.29, 1.82) is 0 Å². The van der Waals surface area contributed by atoms with Gasteiger partial charge in [-0.05, 0) is 22.9 Å². The second-order valence-electron chi connectivity index (χ2n) is 3.61. The van der Waals surface area contributed by atoms with Gasteiger partial charge in [0.15, 0.2) is 5.82 Å². The smallest absolute Gasteiger partial charge is 0.181 e. The molecule has 0 amide bonds. The zero-order valence-corrected chi connectivity index (χ0v) is 11.4. The summed E-state index contributed by atoms with van der Waals surface area (Å²) in [4.78, 5) is 1.92. The number of aromatic nitrogens is 4. The largest absolute Gasteiger partial charge is 0.235 e. The first-order chi connectivity index (χ1) is 8.92. The Balaban J connectivity index is 1.92. The van der Waals surface area contributed by atoms with E-state index in [2.05, 4.69) is 32.1 Å². The Morgan fingerprint density at radius 1 is 1.11 bits per heavy atom. The van der Waals surface area contributed by atoms with Gasteiger partial charge < -0.3 is 0 Å². The summed E-state index contributed by atoms with van der Waals surface area (Å²) in [5, 5.41) is 20.1. The number of rotatable bonds is 2. The highest BCUT2D eigenvalue weighted by molar-refractivity contribution is 7.20. The Morgan fingerprint density at radius 3 is 2.89 bits per heavy atom. The average Bonchev–Trinajstić information content (AvgIpc) is 3.13. The van der Waals surface area contributed by atoms with Gasteiger partial charge >= 0.3 is 0 Å². The molecular weight excluding hydrogens is 284 g/mol. The van der Waals surface area contributed by atoms with E-state index in [9.17, 15) is 0 Å². The minimum atomic E-state index is 0.817. The molecule has 0 aromatic carbocycles. The summed E-state index contributed by atoms with van der Waals surface area (Å²) in [7, 11) is 0. The maximum absolute atomic E-state index is 4.59. The molecule has 0 aliphatic rings. The zero-order chi connectivity index (χ0) is 11.9. The minimum Gasteiger partial charge on any atom is -0.181 e. The lowest BCUT2D eigenvalue weighted by Gasteiger charge is -1.90. The van der Waals surface area contributed by atoms with Crippen molar-refractivity contribution in [3.63, 3.8) is 0 Å². The summed E-state index contributed by atoms with van der Waals surface area (Å²) < 4.78 is 1.82. The van der Waals surface area contributed by atoms with Gasteiger partial charge in [-0.25, -0.2) is 0 Å². The van der Waals surface area contributed by atoms with Gasteiger partial charge in [-0.1, -0.05) is 17.4 Å². The summed E-state index contributed by atoms with van der Waals surface area (Å²) >= 11 is 4.88. The summed E-state index contributed by atoms with van der Waals surface area (Å²) in [6, 6.07) is 6.11. The zero-order valence-electron chi connectivity index (χ0n) is 8.98. The molecule has 0 aliphatic heterocycles. The highest BCUT2D eigenvalue weighted by atomic mass is 32.1. The number of nitrogens with zero attached hydrogens (tertiary/aromatic N) is 4. The fourth-order valence-corrected chi connectivity index (χ4v) is 3.92. The van der Waals surface area contributed by atoms with Gasteiger partial charge in [-0.2, -0.15) is 21.0 Å². The molecule has 0 spiro atoms. The molecule has 0 aliphatic carbocycles. The van der Waals surface area contributed by atoms with E-state index in [1.807, 2.05) is 22.0 Å². The van der Waals surface area contributed by atoms with Crippen molar-refractivity contribution in [2.75, 3.05) is 0 Å². The first-order valence-corrected chi connectivity index (χ1v) is 7.84. The summed E-state index contributed by atoms with van der Waals surface area (Å²) in [6.07, 6.45) is 0. The van der Waals surface area contributed by atoms with Gasteiger partial charge in [0.2, 0.25) is 4.96 Å². The number of hydrogen-bond donors (Lipinski definition) is 0. The molecule has 0 bridgehead atoms. The van der Waals surface area contributed by atoms with E-state index in [0.29, 0.717) is 0 Å². The third-order valence-electron chi connectivity index (χ3n) is 2.50. The second-order valence-corrected chi connectivity index (χ2v) is 6.30. The molecule has 4 rings (SSSR count). The SMILES string of the molecule is c1csc(-c2nnc3sc(-c4ccsc4)nn23)c1. The van der Waals surface area contributed by atoms with E-state index in [1.54, 1.807) is 34.0 Å². The van der Waals surface area contributed by atoms with Crippen LogP contribution in [0.25, 0.3) is 26.2 Å². The summed E-state index contributed by atoms with van der Waals surface area (Å²) in [5.74, 6) is 0.817. The van der Waals surface area contributed by atoms with Crippen LogP contribution in [0.1, 0.15) is 0 Å². The Bertz CT molecular complexity index is 780. The quantitative estimate of drug-likeness (QED) is 0.566. The fourth-order valence-electron chi connectivity index (χ4n) is 1.68. The van der Waals surface area contributed by atoms with Crippen molar-refractivity contribution in [3.05, 3.63) is 34.3 Å². The molecule has 0 unspecified atom stereocenters. The topological polar surface area (TPSA) is 43.1 Å². The van der Waals surface area contributed by atoms with E-state index < -0.39 is 0 Å². The predicted molar refractivity (Wildman–Crippen MR) is 75.3 cm³/mol. The Morgan fingerprint density at radius 2 is 2.11 bits per heavy atom. The molecule has 0 saturated carbocycles. The van der Waals surface area contributed by atoms with Gasteiger partial charge in [0.25, 0.3) is 0 Å². The van der Waals surface area contributed by atoms with Crippen LogP contribution in [0, 0.1) is 0 Å². The Kier molecular flexibility index (Phi) is 2.29. The van der Waals surface area contributed by atoms with Crippen LogP contribution in [0.2, 0.25) is 0 Å². The van der Waals surface area contributed by atoms with E-state index in [0.717, 1.165) is 26.2 Å². The lowest BCUT2D eigenvalue weighted by Crippen LogP contribution is -1.88. The Hall–Kier alpha value is -1.57. The van der Waals surface area contributed by atoms with Crippen LogP contribution in [-0.2, 0) is 0 Å². The van der Waals surface area contributed by atoms with Crippen LogP contribution < -0.4 is 0 Å². The third kappa shape index (κ3) is 1.52. The van der Waals surface area contributed by atoms with Crippen molar-refractivity contribution >= 4 is 39.0 Å². The molecule has 4 aromatic heterocycles. The van der Waals surface area contributed by atoms with Crippen LogP contribution >= 0.6 is 34.0 Å². The first kappa shape index (κ1) is 10.4. The lowest BCUT2D eigenvalue weighted by molar-refractivity contribution is 0.974. The lowest BCUT2D eigenvalue weighted by atomic mass is 10.4. The molecule has 7 heteroatoms. The fraction of sp³-hybridized carbons (Fsp3) is 0. The van der Waals surface area contributed by atoms with Crippen LogP contribution in [0.4, 0.5) is 0 Å². The predicted octanol–water partition coefficient (Wildman–Crippen LogP) is 3.64. The van der Waals surface area contributed by atoms with Crippen LogP contribution in [0.15, 0.2) is 34.3 Å². The summed E-state index contributed by atoms with van der Waals surface area (Å²) in [6.45, 7) is 0. The van der Waals surface area contributed by atoms with E-state index in [1.165, 1.54) is 0 Å². The van der Waals surface area contributed by atoms with Crippen LogP contribution in [0.3, 0.4) is 0 Å². The van der Waals surface area contributed by atoms with Crippen molar-refractivity contribution in [2.45, 2.75) is 0 Å². The van der Waals surface area contributed by atoms with Gasteiger partial charge in [0, 0.05) is 10.9 Å². The van der Waals surface area contributed by atoms with E-state index >= 15 is 0 Å². The van der Waals surface area contributed by atoms with Crippen LogP contribution in [0.5, 0.6) is 0 Å². The van der Waals surface area contributed by atoms with Gasteiger partial charge in [0.05, 0.1) is 4.88 Å². The molecule has 0 atom stereocenters. The molecule has 0 saturated heterocycles. The molecule has 88 valence electrons. The molecule has 4 heterocycles. The third-order valence-corrected chi connectivity index (χ3v) is 5.00. The number of fused-ring (bicyclic) bond motifs is 1. The molecular formula is C11H6N4S3. The van der Waals surface area contributed by atoms with Gasteiger partial charge in [0.1, 0.15) is 5.01 Å². The van der Waals surface area contributed by atoms with Crippen molar-refractivity contribution in [3.8, 4) is 21.3 Å². The monoisotopic (exact) mass is 290 g/mol. The van der Waals surface area contributed by atoms with E-state index in [4.69, 9.17) is 0 Å². The highest BCUT2D eigenvalue weighted by Gasteiger charge is 2.14. The molecule has 0 N–H and O–H groups in total. The van der Waals surface area contributed by atoms with Gasteiger partial charge in [-0.15, -0.1) is 21.5 Å². The molecule has 4 aromatic rings. The molecule has 4 nitrogen and oxygen atoms in total. The van der Waals surface area contributed by atoms with Crippen molar-refractivity contribution < 1.29 is 0 Å². The standard InChI is InChI=1S/C11H6N4S3/c1-2-8(17-4-1)9-12-13-11-15(9)14-10(18-11)7-3-5-16-6-7/h1-6H. The van der Waals surface area contributed by atoms with E-state index in [-0.39, 0.29) is 0 Å². The molecule has 0 fully saturated rings.